The second kappa shape index (κ2) is 6.08. The van der Waals surface area contributed by atoms with E-state index < -0.39 is 0 Å². The Kier molecular flexibility index (Phi) is 3.74. The fourth-order valence-corrected chi connectivity index (χ4v) is 4.50. The number of aromatic nitrogens is 4. The molecule has 128 valence electrons. The fraction of sp³-hybridized carbons (Fsp3) is 0.722. The van der Waals surface area contributed by atoms with Gasteiger partial charge in [0.1, 0.15) is 0 Å². The minimum absolute atomic E-state index is 0.458. The largest absolute Gasteiger partial charge is 0.377 e. The van der Waals surface area contributed by atoms with Crippen LogP contribution in [0.15, 0.2) is 6.07 Å². The zero-order valence-corrected chi connectivity index (χ0v) is 14.2. The number of hydrogen-bond acceptors (Lipinski definition) is 5. The Bertz CT molecular complexity index is 728. The summed E-state index contributed by atoms with van der Waals surface area (Å²) < 4.78 is 7.80. The number of nitrogens with zero attached hydrogens (tertiary/aromatic N) is 5. The summed E-state index contributed by atoms with van der Waals surface area (Å²) in [7, 11) is 0. The average Bonchev–Trinajstić information content (AvgIpc) is 3.34. The van der Waals surface area contributed by atoms with Crippen LogP contribution in [0.25, 0.3) is 5.65 Å². The molecule has 0 aromatic carbocycles. The molecule has 1 unspecified atom stereocenters. The van der Waals surface area contributed by atoms with E-state index in [1.165, 1.54) is 30.5 Å². The van der Waals surface area contributed by atoms with E-state index in [1.807, 2.05) is 4.52 Å². The van der Waals surface area contributed by atoms with E-state index in [1.54, 1.807) is 0 Å². The van der Waals surface area contributed by atoms with Crippen molar-refractivity contribution in [3.63, 3.8) is 0 Å². The lowest BCUT2D eigenvalue weighted by Gasteiger charge is -2.32. The van der Waals surface area contributed by atoms with Gasteiger partial charge in [0.2, 0.25) is 0 Å². The molecular formula is C18H25N5O. The highest BCUT2D eigenvalue weighted by molar-refractivity contribution is 5.43. The predicted molar refractivity (Wildman–Crippen MR) is 90.2 cm³/mol. The van der Waals surface area contributed by atoms with Gasteiger partial charge in [-0.15, -0.1) is 10.2 Å². The summed E-state index contributed by atoms with van der Waals surface area (Å²) in [6.45, 7) is 4.30. The van der Waals surface area contributed by atoms with Crippen LogP contribution >= 0.6 is 0 Å². The molecule has 1 atom stereocenters. The Balaban J connectivity index is 1.30. The summed E-state index contributed by atoms with van der Waals surface area (Å²) >= 11 is 0. The molecule has 6 heteroatoms. The SMILES string of the molecule is c1c2c(nn3c(C4CCN(CC5CCCO5)CC4)nnc13)CCC2. The van der Waals surface area contributed by atoms with Crippen molar-refractivity contribution in [2.24, 2.45) is 0 Å². The molecule has 2 aliphatic heterocycles. The summed E-state index contributed by atoms with van der Waals surface area (Å²) in [6, 6.07) is 2.19. The van der Waals surface area contributed by atoms with Crippen molar-refractivity contribution in [1.29, 1.82) is 0 Å². The summed E-state index contributed by atoms with van der Waals surface area (Å²) in [5, 5.41) is 13.7. The fourth-order valence-electron chi connectivity index (χ4n) is 4.50. The molecule has 2 aromatic rings. The quantitative estimate of drug-likeness (QED) is 0.863. The molecule has 1 aliphatic carbocycles. The van der Waals surface area contributed by atoms with Crippen molar-refractivity contribution in [3.8, 4) is 0 Å². The summed E-state index contributed by atoms with van der Waals surface area (Å²) in [6.07, 6.45) is 8.66. The van der Waals surface area contributed by atoms with Gasteiger partial charge in [0.15, 0.2) is 11.5 Å². The van der Waals surface area contributed by atoms with Crippen molar-refractivity contribution >= 4 is 5.65 Å². The maximum absolute atomic E-state index is 5.78. The molecule has 24 heavy (non-hydrogen) atoms. The number of aryl methyl sites for hydroxylation is 2. The van der Waals surface area contributed by atoms with Gasteiger partial charge >= 0.3 is 0 Å². The topological polar surface area (TPSA) is 55.5 Å². The van der Waals surface area contributed by atoms with Crippen molar-refractivity contribution in [1.82, 2.24) is 24.7 Å². The van der Waals surface area contributed by atoms with E-state index in [9.17, 15) is 0 Å². The maximum atomic E-state index is 5.78. The monoisotopic (exact) mass is 327 g/mol. The molecule has 3 aliphatic rings. The standard InChI is InChI=1S/C18H25N5O/c1-3-14-11-17-19-20-18(23(17)21-16(14)5-1)13-6-8-22(9-7-13)12-15-4-2-10-24-15/h11,13,15H,1-10,12H2. The number of ether oxygens (including phenoxy) is 1. The minimum atomic E-state index is 0.458. The molecule has 0 amide bonds. The molecule has 0 N–H and O–H groups in total. The van der Waals surface area contributed by atoms with Crippen LogP contribution in [0.1, 0.15) is 55.1 Å². The Morgan fingerprint density at radius 2 is 2.00 bits per heavy atom. The second-order valence-corrected chi connectivity index (χ2v) is 7.51. The Morgan fingerprint density at radius 1 is 1.08 bits per heavy atom. The zero-order valence-electron chi connectivity index (χ0n) is 14.2. The highest BCUT2D eigenvalue weighted by atomic mass is 16.5. The minimum Gasteiger partial charge on any atom is -0.377 e. The first-order valence-electron chi connectivity index (χ1n) is 9.45. The van der Waals surface area contributed by atoms with Gasteiger partial charge in [-0.2, -0.15) is 9.61 Å². The molecule has 2 aromatic heterocycles. The molecule has 0 spiro atoms. The molecule has 5 rings (SSSR count). The lowest BCUT2D eigenvalue weighted by molar-refractivity contribution is 0.0639. The van der Waals surface area contributed by atoms with Crippen LogP contribution in [0.3, 0.4) is 0 Å². The van der Waals surface area contributed by atoms with E-state index in [-0.39, 0.29) is 0 Å². The van der Waals surface area contributed by atoms with Crippen molar-refractivity contribution in [2.45, 2.75) is 57.0 Å². The van der Waals surface area contributed by atoms with E-state index in [0.717, 1.165) is 63.4 Å². The van der Waals surface area contributed by atoms with E-state index in [0.29, 0.717) is 12.0 Å². The number of piperidine rings is 1. The van der Waals surface area contributed by atoms with Gasteiger partial charge in [0.25, 0.3) is 0 Å². The Morgan fingerprint density at radius 3 is 2.83 bits per heavy atom. The number of likely N-dealkylation sites (tertiary alicyclic amines) is 1. The van der Waals surface area contributed by atoms with Crippen LogP contribution in [0.2, 0.25) is 0 Å². The molecule has 0 saturated carbocycles. The van der Waals surface area contributed by atoms with Gasteiger partial charge in [0.05, 0.1) is 11.8 Å². The Labute approximate surface area is 142 Å². The van der Waals surface area contributed by atoms with Gasteiger partial charge in [0, 0.05) is 19.1 Å². The predicted octanol–water partition coefficient (Wildman–Crippen LogP) is 1.97. The van der Waals surface area contributed by atoms with Gasteiger partial charge in [-0.25, -0.2) is 0 Å². The molecule has 0 bridgehead atoms. The molecular weight excluding hydrogens is 302 g/mol. The van der Waals surface area contributed by atoms with E-state index in [2.05, 4.69) is 21.2 Å². The molecule has 2 fully saturated rings. The van der Waals surface area contributed by atoms with Gasteiger partial charge in [-0.3, -0.25) is 0 Å². The number of rotatable bonds is 3. The summed E-state index contributed by atoms with van der Waals surface area (Å²) in [5.74, 6) is 1.55. The second-order valence-electron chi connectivity index (χ2n) is 7.51. The molecule has 0 radical (unpaired) electrons. The van der Waals surface area contributed by atoms with E-state index >= 15 is 0 Å². The van der Waals surface area contributed by atoms with Crippen LogP contribution in [0.4, 0.5) is 0 Å². The van der Waals surface area contributed by atoms with Gasteiger partial charge < -0.3 is 9.64 Å². The first kappa shape index (κ1) is 14.8. The van der Waals surface area contributed by atoms with Crippen LogP contribution in [-0.4, -0.2) is 57.1 Å². The van der Waals surface area contributed by atoms with E-state index in [4.69, 9.17) is 9.84 Å². The molecule has 6 nitrogen and oxygen atoms in total. The van der Waals surface area contributed by atoms with Crippen molar-refractivity contribution < 1.29 is 4.74 Å². The highest BCUT2D eigenvalue weighted by Gasteiger charge is 2.28. The summed E-state index contributed by atoms with van der Waals surface area (Å²) in [4.78, 5) is 2.56. The van der Waals surface area contributed by atoms with Crippen molar-refractivity contribution in [2.75, 3.05) is 26.2 Å². The first-order valence-corrected chi connectivity index (χ1v) is 9.45. The van der Waals surface area contributed by atoms with Crippen LogP contribution in [0, 0.1) is 0 Å². The van der Waals surface area contributed by atoms with Gasteiger partial charge in [-0.05, 0) is 69.7 Å². The lowest BCUT2D eigenvalue weighted by atomic mass is 9.96. The van der Waals surface area contributed by atoms with Crippen LogP contribution in [0.5, 0.6) is 0 Å². The zero-order chi connectivity index (χ0) is 15.9. The first-order chi connectivity index (χ1) is 11.9. The third-order valence-electron chi connectivity index (χ3n) is 5.88. The summed E-state index contributed by atoms with van der Waals surface area (Å²) in [5.41, 5.74) is 3.54. The molecule has 2 saturated heterocycles. The highest BCUT2D eigenvalue weighted by Crippen LogP contribution is 2.29. The Hall–Kier alpha value is -1.53. The molecule has 4 heterocycles. The van der Waals surface area contributed by atoms with Crippen LogP contribution < -0.4 is 0 Å². The van der Waals surface area contributed by atoms with Crippen LogP contribution in [-0.2, 0) is 17.6 Å². The lowest BCUT2D eigenvalue weighted by Crippen LogP contribution is -2.38. The third-order valence-corrected chi connectivity index (χ3v) is 5.88. The smallest absolute Gasteiger partial charge is 0.178 e. The maximum Gasteiger partial charge on any atom is 0.178 e. The van der Waals surface area contributed by atoms with Gasteiger partial charge in [-0.1, -0.05) is 0 Å². The average molecular weight is 327 g/mol. The number of fused-ring (bicyclic) bond motifs is 2. The van der Waals surface area contributed by atoms with Crippen molar-refractivity contribution in [3.05, 3.63) is 23.1 Å². The normalized spacial score (nSPS) is 25.6. The number of hydrogen-bond donors (Lipinski definition) is 0. The third kappa shape index (κ3) is 2.62.